The molecule has 0 saturated heterocycles. The molecular formula is C16H24BrNO. The molecule has 1 saturated carbocycles. The highest BCUT2D eigenvalue weighted by molar-refractivity contribution is 9.10. The third-order valence-electron chi connectivity index (χ3n) is 4.02. The van der Waals surface area contributed by atoms with E-state index in [0.29, 0.717) is 6.04 Å². The van der Waals surface area contributed by atoms with Crippen LogP contribution >= 0.6 is 15.9 Å². The Bertz CT molecular complexity index is 402. The van der Waals surface area contributed by atoms with E-state index in [1.54, 1.807) is 7.11 Å². The zero-order chi connectivity index (χ0) is 13.7. The van der Waals surface area contributed by atoms with Crippen LogP contribution in [-0.2, 0) is 0 Å². The largest absolute Gasteiger partial charge is 0.496 e. The summed E-state index contributed by atoms with van der Waals surface area (Å²) in [6.45, 7) is 3.31. The Labute approximate surface area is 125 Å². The lowest BCUT2D eigenvalue weighted by molar-refractivity contribution is 0.367. The van der Waals surface area contributed by atoms with Gasteiger partial charge in [-0.05, 0) is 65.4 Å². The molecule has 1 aromatic rings. The summed E-state index contributed by atoms with van der Waals surface area (Å²) in [4.78, 5) is 0. The number of nitrogens with one attached hydrogen (secondary N) is 1. The van der Waals surface area contributed by atoms with Gasteiger partial charge in [0.1, 0.15) is 5.75 Å². The third-order valence-corrected chi connectivity index (χ3v) is 4.64. The summed E-state index contributed by atoms with van der Waals surface area (Å²) in [5.41, 5.74) is 1.38. The van der Waals surface area contributed by atoms with Crippen LogP contribution in [0.25, 0.3) is 0 Å². The Morgan fingerprint density at radius 1 is 1.37 bits per heavy atom. The predicted octanol–water partition coefficient (Wildman–Crippen LogP) is 4.69. The van der Waals surface area contributed by atoms with Crippen molar-refractivity contribution in [1.82, 2.24) is 5.32 Å². The molecule has 2 nitrogen and oxygen atoms in total. The molecule has 0 heterocycles. The minimum atomic E-state index is 0.490. The molecule has 1 aromatic carbocycles. The van der Waals surface area contributed by atoms with Gasteiger partial charge in [0.25, 0.3) is 0 Å². The number of halogens is 1. The molecule has 1 unspecified atom stereocenters. The molecule has 1 fully saturated rings. The first-order valence-corrected chi connectivity index (χ1v) is 8.12. The van der Waals surface area contributed by atoms with Crippen molar-refractivity contribution in [3.05, 3.63) is 28.2 Å². The maximum Gasteiger partial charge on any atom is 0.133 e. The van der Waals surface area contributed by atoms with Gasteiger partial charge in [-0.3, -0.25) is 0 Å². The topological polar surface area (TPSA) is 21.3 Å². The number of hydrogen-bond donors (Lipinski definition) is 1. The molecule has 0 radical (unpaired) electrons. The normalized spacial score (nSPS) is 17.6. The summed E-state index contributed by atoms with van der Waals surface area (Å²) >= 11 is 3.60. The van der Waals surface area contributed by atoms with Gasteiger partial charge in [0.05, 0.1) is 11.6 Å². The first-order chi connectivity index (χ1) is 9.26. The molecule has 0 spiro atoms. The van der Waals surface area contributed by atoms with Crippen molar-refractivity contribution in [2.75, 3.05) is 13.7 Å². The Morgan fingerprint density at radius 3 is 2.68 bits per heavy atom. The van der Waals surface area contributed by atoms with E-state index in [0.717, 1.165) is 22.7 Å². The quantitative estimate of drug-likeness (QED) is 0.819. The fourth-order valence-electron chi connectivity index (χ4n) is 3.02. The summed E-state index contributed by atoms with van der Waals surface area (Å²) in [5, 5.41) is 3.73. The Balaban J connectivity index is 2.18. The number of benzene rings is 1. The lowest BCUT2D eigenvalue weighted by atomic mass is 9.91. The van der Waals surface area contributed by atoms with Crippen LogP contribution in [0.2, 0.25) is 0 Å². The van der Waals surface area contributed by atoms with Crippen LogP contribution in [0.3, 0.4) is 0 Å². The molecule has 0 aliphatic heterocycles. The molecule has 19 heavy (non-hydrogen) atoms. The summed E-state index contributed by atoms with van der Waals surface area (Å²) in [6.07, 6.45) is 6.65. The van der Waals surface area contributed by atoms with Crippen molar-refractivity contribution in [3.63, 3.8) is 0 Å². The zero-order valence-electron chi connectivity index (χ0n) is 11.9. The van der Waals surface area contributed by atoms with Gasteiger partial charge >= 0.3 is 0 Å². The number of hydrogen-bond acceptors (Lipinski definition) is 2. The van der Waals surface area contributed by atoms with E-state index >= 15 is 0 Å². The van der Waals surface area contributed by atoms with Crippen LogP contribution in [0.1, 0.15) is 50.6 Å². The first kappa shape index (κ1) is 14.9. The van der Waals surface area contributed by atoms with Crippen molar-refractivity contribution in [3.8, 4) is 5.75 Å². The van der Waals surface area contributed by atoms with E-state index in [-0.39, 0.29) is 0 Å². The summed E-state index contributed by atoms with van der Waals surface area (Å²) in [6, 6.07) is 6.97. The minimum Gasteiger partial charge on any atom is -0.496 e. The van der Waals surface area contributed by atoms with Crippen LogP contribution in [-0.4, -0.2) is 13.7 Å². The van der Waals surface area contributed by atoms with Gasteiger partial charge in [-0.1, -0.05) is 25.8 Å². The van der Waals surface area contributed by atoms with Crippen LogP contribution < -0.4 is 10.1 Å². The Morgan fingerprint density at radius 2 is 2.11 bits per heavy atom. The van der Waals surface area contributed by atoms with Crippen LogP contribution in [0.4, 0.5) is 0 Å². The lowest BCUT2D eigenvalue weighted by Crippen LogP contribution is -2.27. The molecule has 106 valence electrons. The van der Waals surface area contributed by atoms with Crippen molar-refractivity contribution >= 4 is 15.9 Å². The van der Waals surface area contributed by atoms with E-state index in [1.165, 1.54) is 37.7 Å². The fraction of sp³-hybridized carbons (Fsp3) is 0.625. The molecule has 1 N–H and O–H groups in total. The summed E-state index contributed by atoms with van der Waals surface area (Å²) < 4.78 is 6.37. The fourth-order valence-corrected chi connectivity index (χ4v) is 3.58. The highest BCUT2D eigenvalue weighted by Crippen LogP contribution is 2.37. The predicted molar refractivity (Wildman–Crippen MR) is 83.7 cm³/mol. The highest BCUT2D eigenvalue weighted by atomic mass is 79.9. The molecular weight excluding hydrogens is 302 g/mol. The number of methoxy groups -OCH3 is 1. The first-order valence-electron chi connectivity index (χ1n) is 7.33. The third kappa shape index (κ3) is 3.73. The SMILES string of the molecule is CCCNC(c1ccc(OC)c(Br)c1)C1CCCC1. The van der Waals surface area contributed by atoms with Crippen molar-refractivity contribution in [2.45, 2.75) is 45.1 Å². The highest BCUT2D eigenvalue weighted by Gasteiger charge is 2.26. The Kier molecular flexibility index (Phi) is 5.71. The van der Waals surface area contributed by atoms with E-state index in [2.05, 4.69) is 46.4 Å². The zero-order valence-corrected chi connectivity index (χ0v) is 13.5. The van der Waals surface area contributed by atoms with Gasteiger partial charge in [-0.25, -0.2) is 0 Å². The molecule has 0 amide bonds. The van der Waals surface area contributed by atoms with Crippen LogP contribution in [0.15, 0.2) is 22.7 Å². The molecule has 0 bridgehead atoms. The molecule has 1 atom stereocenters. The van der Waals surface area contributed by atoms with Gasteiger partial charge in [0.15, 0.2) is 0 Å². The van der Waals surface area contributed by atoms with Crippen LogP contribution in [0, 0.1) is 5.92 Å². The molecule has 1 aliphatic carbocycles. The van der Waals surface area contributed by atoms with Gasteiger partial charge in [0.2, 0.25) is 0 Å². The van der Waals surface area contributed by atoms with Crippen LogP contribution in [0.5, 0.6) is 5.75 Å². The van der Waals surface area contributed by atoms with Gasteiger partial charge in [-0.2, -0.15) is 0 Å². The average Bonchev–Trinajstić information content (AvgIpc) is 2.93. The maximum atomic E-state index is 5.32. The van der Waals surface area contributed by atoms with E-state index in [4.69, 9.17) is 4.74 Å². The average molecular weight is 326 g/mol. The second-order valence-electron chi connectivity index (χ2n) is 5.37. The molecule has 0 aromatic heterocycles. The summed E-state index contributed by atoms with van der Waals surface area (Å²) in [7, 11) is 1.71. The smallest absolute Gasteiger partial charge is 0.133 e. The summed E-state index contributed by atoms with van der Waals surface area (Å²) in [5.74, 6) is 1.69. The van der Waals surface area contributed by atoms with Gasteiger partial charge in [-0.15, -0.1) is 0 Å². The molecule has 3 heteroatoms. The maximum absolute atomic E-state index is 5.32. The van der Waals surface area contributed by atoms with Crippen molar-refractivity contribution in [2.24, 2.45) is 5.92 Å². The van der Waals surface area contributed by atoms with E-state index < -0.39 is 0 Å². The lowest BCUT2D eigenvalue weighted by Gasteiger charge is -2.25. The number of ether oxygens (including phenoxy) is 1. The molecule has 1 aliphatic rings. The van der Waals surface area contributed by atoms with Crippen molar-refractivity contribution in [1.29, 1.82) is 0 Å². The second kappa shape index (κ2) is 7.30. The second-order valence-corrected chi connectivity index (χ2v) is 6.22. The standard InChI is InChI=1S/C16H24BrNO/c1-3-10-18-16(12-6-4-5-7-12)13-8-9-15(19-2)14(17)11-13/h8-9,11-12,16,18H,3-7,10H2,1-2H3. The monoisotopic (exact) mass is 325 g/mol. The Hall–Kier alpha value is -0.540. The molecule has 2 rings (SSSR count). The van der Waals surface area contributed by atoms with E-state index in [1.807, 2.05) is 0 Å². The minimum absolute atomic E-state index is 0.490. The van der Waals surface area contributed by atoms with Gasteiger partial charge in [0, 0.05) is 6.04 Å². The van der Waals surface area contributed by atoms with Gasteiger partial charge < -0.3 is 10.1 Å². The van der Waals surface area contributed by atoms with E-state index in [9.17, 15) is 0 Å². The number of rotatable bonds is 6. The van der Waals surface area contributed by atoms with Crippen molar-refractivity contribution < 1.29 is 4.74 Å².